The number of rotatable bonds is 2. The van der Waals surface area contributed by atoms with Gasteiger partial charge in [0.05, 0.1) is 6.10 Å². The first-order valence-corrected chi connectivity index (χ1v) is 4.32. The van der Waals surface area contributed by atoms with E-state index in [0.717, 1.165) is 5.75 Å². The van der Waals surface area contributed by atoms with Gasteiger partial charge < -0.3 is 4.74 Å². The highest BCUT2D eigenvalue weighted by Gasteiger charge is 1.96. The summed E-state index contributed by atoms with van der Waals surface area (Å²) < 4.78 is 5.41. The van der Waals surface area contributed by atoms with Crippen LogP contribution < -0.4 is 16.4 Å². The average molecular weight is 203 g/mol. The molecule has 1 rings (SSSR count). The van der Waals surface area contributed by atoms with Crippen LogP contribution in [0.3, 0.4) is 0 Å². The molecule has 1 aromatic carbocycles. The lowest BCUT2D eigenvalue weighted by Gasteiger charge is -2.08. The number of hydrazine groups is 1. The molecule has 4 N–H and O–H groups in total. The highest BCUT2D eigenvalue weighted by Crippen LogP contribution is 2.17. The molecule has 0 fully saturated rings. The molecule has 0 saturated carbocycles. The molecule has 3 nitrogen and oxygen atoms in total. The largest absolute Gasteiger partial charge is 0.491 e. The van der Waals surface area contributed by atoms with Crippen LogP contribution in [-0.2, 0) is 0 Å². The van der Waals surface area contributed by atoms with Crippen LogP contribution in [0.4, 0.5) is 0 Å². The lowest BCUT2D eigenvalue weighted by atomic mass is 10.3. The van der Waals surface area contributed by atoms with Crippen molar-refractivity contribution >= 4 is 11.6 Å². The molecule has 0 saturated heterocycles. The Bertz CT molecular complexity index is 241. The molecule has 0 amide bonds. The number of nitrogens with two attached hydrogens (primary N) is 2. The van der Waals surface area contributed by atoms with Gasteiger partial charge in [-0.3, -0.25) is 11.7 Å². The highest BCUT2D eigenvalue weighted by molar-refractivity contribution is 6.30. The molecule has 1 aromatic rings. The minimum atomic E-state index is 0.202. The summed E-state index contributed by atoms with van der Waals surface area (Å²) in [6.07, 6.45) is 0.202. The van der Waals surface area contributed by atoms with E-state index in [2.05, 4.69) is 11.7 Å². The normalized spacial score (nSPS) is 9.08. The van der Waals surface area contributed by atoms with Crippen LogP contribution >= 0.6 is 11.6 Å². The van der Waals surface area contributed by atoms with Crippen LogP contribution in [0.25, 0.3) is 0 Å². The second-order valence-electron chi connectivity index (χ2n) is 2.62. The number of hydrogen-bond acceptors (Lipinski definition) is 3. The van der Waals surface area contributed by atoms with Gasteiger partial charge in [0, 0.05) is 5.02 Å². The second kappa shape index (κ2) is 6.71. The summed E-state index contributed by atoms with van der Waals surface area (Å²) in [5.74, 6) is 8.83. The molecule has 0 aromatic heterocycles. The lowest BCUT2D eigenvalue weighted by molar-refractivity contribution is 0.242. The monoisotopic (exact) mass is 202 g/mol. The van der Waals surface area contributed by atoms with E-state index in [1.165, 1.54) is 0 Å². The molecular formula is C9H15ClN2O. The summed E-state index contributed by atoms with van der Waals surface area (Å²) in [5.41, 5.74) is 0. The smallest absolute Gasteiger partial charge is 0.121 e. The maximum Gasteiger partial charge on any atom is 0.121 e. The predicted molar refractivity (Wildman–Crippen MR) is 55.6 cm³/mol. The van der Waals surface area contributed by atoms with Gasteiger partial charge in [-0.2, -0.15) is 0 Å². The third kappa shape index (κ3) is 5.47. The molecule has 74 valence electrons. The zero-order valence-electron chi connectivity index (χ0n) is 7.83. The van der Waals surface area contributed by atoms with Crippen LogP contribution in [0.2, 0.25) is 5.02 Å². The number of ether oxygens (including phenoxy) is 1. The van der Waals surface area contributed by atoms with Crippen molar-refractivity contribution in [3.05, 3.63) is 29.3 Å². The molecule has 0 aliphatic heterocycles. The van der Waals surface area contributed by atoms with Gasteiger partial charge in [-0.05, 0) is 32.0 Å². The van der Waals surface area contributed by atoms with Gasteiger partial charge in [-0.1, -0.05) is 17.7 Å². The zero-order valence-corrected chi connectivity index (χ0v) is 8.58. The molecule has 0 radical (unpaired) electrons. The first-order valence-electron chi connectivity index (χ1n) is 3.94. The van der Waals surface area contributed by atoms with Gasteiger partial charge in [0.15, 0.2) is 0 Å². The van der Waals surface area contributed by atoms with Crippen molar-refractivity contribution < 1.29 is 4.74 Å². The minimum absolute atomic E-state index is 0.202. The van der Waals surface area contributed by atoms with Crippen molar-refractivity contribution in [1.82, 2.24) is 0 Å². The minimum Gasteiger partial charge on any atom is -0.491 e. The van der Waals surface area contributed by atoms with E-state index in [0.29, 0.717) is 5.02 Å². The van der Waals surface area contributed by atoms with E-state index in [1.807, 2.05) is 38.1 Å². The molecule has 13 heavy (non-hydrogen) atoms. The molecule has 4 heteroatoms. The maximum absolute atomic E-state index is 5.75. The highest BCUT2D eigenvalue weighted by atomic mass is 35.5. The fourth-order valence-corrected chi connectivity index (χ4v) is 0.993. The van der Waals surface area contributed by atoms with E-state index < -0.39 is 0 Å². The van der Waals surface area contributed by atoms with Gasteiger partial charge in [-0.25, -0.2) is 0 Å². The van der Waals surface area contributed by atoms with Crippen molar-refractivity contribution in [3.63, 3.8) is 0 Å². The van der Waals surface area contributed by atoms with Crippen molar-refractivity contribution in [2.75, 3.05) is 0 Å². The Balaban J connectivity index is 0.000000671. The molecule has 0 aliphatic carbocycles. The van der Waals surface area contributed by atoms with Crippen molar-refractivity contribution in [2.24, 2.45) is 11.7 Å². The van der Waals surface area contributed by atoms with Gasteiger partial charge in [0.1, 0.15) is 5.75 Å². The Labute approximate surface area is 83.6 Å². The molecular weight excluding hydrogens is 188 g/mol. The van der Waals surface area contributed by atoms with Crippen LogP contribution in [0, 0.1) is 0 Å². The number of halogens is 1. The summed E-state index contributed by atoms with van der Waals surface area (Å²) in [5, 5.41) is 0.711. The topological polar surface area (TPSA) is 61.3 Å². The van der Waals surface area contributed by atoms with E-state index in [4.69, 9.17) is 16.3 Å². The first-order chi connectivity index (χ1) is 6.18. The van der Waals surface area contributed by atoms with E-state index in [1.54, 1.807) is 0 Å². The Morgan fingerprint density at radius 3 is 2.38 bits per heavy atom. The first kappa shape index (κ1) is 12.2. The van der Waals surface area contributed by atoms with Crippen LogP contribution in [0.15, 0.2) is 24.3 Å². The summed E-state index contributed by atoms with van der Waals surface area (Å²) in [6, 6.07) is 7.40. The molecule has 0 aliphatic rings. The summed E-state index contributed by atoms with van der Waals surface area (Å²) >= 11 is 5.75. The predicted octanol–water partition coefficient (Wildman–Crippen LogP) is 1.95. The quantitative estimate of drug-likeness (QED) is 0.569. The number of hydrogen-bond donors (Lipinski definition) is 2. The Morgan fingerprint density at radius 1 is 1.31 bits per heavy atom. The molecule has 0 spiro atoms. The number of benzene rings is 1. The molecule has 0 bridgehead atoms. The van der Waals surface area contributed by atoms with E-state index >= 15 is 0 Å². The summed E-state index contributed by atoms with van der Waals surface area (Å²) in [6.45, 7) is 3.97. The van der Waals surface area contributed by atoms with Crippen molar-refractivity contribution in [1.29, 1.82) is 0 Å². The Kier molecular flexibility index (Phi) is 6.32. The Hall–Kier alpha value is -0.770. The average Bonchev–Trinajstić information content (AvgIpc) is 2.06. The SMILES string of the molecule is CC(C)Oc1cccc(Cl)c1.NN. The molecule has 0 unspecified atom stereocenters. The second-order valence-corrected chi connectivity index (χ2v) is 3.06. The Morgan fingerprint density at radius 2 is 1.92 bits per heavy atom. The van der Waals surface area contributed by atoms with Gasteiger partial charge >= 0.3 is 0 Å². The third-order valence-corrected chi connectivity index (χ3v) is 1.40. The standard InChI is InChI=1S/C9H11ClO.H4N2/c1-7(2)11-9-5-3-4-8(10)6-9;1-2/h3-7H,1-2H3;1-2H2. The van der Waals surface area contributed by atoms with Gasteiger partial charge in [-0.15, -0.1) is 0 Å². The molecule has 0 atom stereocenters. The van der Waals surface area contributed by atoms with Crippen LogP contribution in [0.1, 0.15) is 13.8 Å². The van der Waals surface area contributed by atoms with E-state index in [9.17, 15) is 0 Å². The molecule has 0 heterocycles. The van der Waals surface area contributed by atoms with Crippen LogP contribution in [-0.4, -0.2) is 6.10 Å². The lowest BCUT2D eigenvalue weighted by Crippen LogP contribution is -2.04. The maximum atomic E-state index is 5.75. The fourth-order valence-electron chi connectivity index (χ4n) is 0.812. The van der Waals surface area contributed by atoms with Gasteiger partial charge in [0.2, 0.25) is 0 Å². The van der Waals surface area contributed by atoms with Crippen LogP contribution in [0.5, 0.6) is 5.75 Å². The van der Waals surface area contributed by atoms with E-state index in [-0.39, 0.29) is 6.10 Å². The summed E-state index contributed by atoms with van der Waals surface area (Å²) in [4.78, 5) is 0. The fraction of sp³-hybridized carbons (Fsp3) is 0.333. The van der Waals surface area contributed by atoms with Crippen molar-refractivity contribution in [3.8, 4) is 5.75 Å². The van der Waals surface area contributed by atoms with Gasteiger partial charge in [0.25, 0.3) is 0 Å². The zero-order chi connectivity index (χ0) is 10.3. The van der Waals surface area contributed by atoms with Crippen molar-refractivity contribution in [2.45, 2.75) is 20.0 Å². The third-order valence-electron chi connectivity index (χ3n) is 1.17. The summed E-state index contributed by atoms with van der Waals surface area (Å²) in [7, 11) is 0.